The summed E-state index contributed by atoms with van der Waals surface area (Å²) in [5.74, 6) is 1.61. The Balaban J connectivity index is 1.62. The summed E-state index contributed by atoms with van der Waals surface area (Å²) in [6.07, 6.45) is 0.466. The van der Waals surface area contributed by atoms with Gasteiger partial charge in [0, 0.05) is 19.4 Å². The Bertz CT molecular complexity index is 575. The van der Waals surface area contributed by atoms with Crippen LogP contribution in [0, 0.1) is 0 Å². The van der Waals surface area contributed by atoms with Gasteiger partial charge in [-0.3, -0.25) is 0 Å². The van der Waals surface area contributed by atoms with Gasteiger partial charge < -0.3 is 24.4 Å². The molecule has 0 spiro atoms. The molecule has 2 aromatic carbocycles. The number of aliphatic hydroxyl groups is 2. The standard InChI is InChI=1S/C21H28O5/c22-14-12-21(20(23)13-17-25-19-10-5-2-6-11-19)26-16-7-15-24-18-8-3-1-4-9-18/h1-6,8-11,20-23H,7,12-17H2. The third-order valence-corrected chi connectivity index (χ3v) is 3.90. The summed E-state index contributed by atoms with van der Waals surface area (Å²) in [6.45, 7) is 1.38. The van der Waals surface area contributed by atoms with Crippen LogP contribution in [0.15, 0.2) is 60.7 Å². The van der Waals surface area contributed by atoms with Gasteiger partial charge in [0.1, 0.15) is 11.5 Å². The van der Waals surface area contributed by atoms with Gasteiger partial charge in [-0.25, -0.2) is 0 Å². The zero-order valence-electron chi connectivity index (χ0n) is 15.0. The van der Waals surface area contributed by atoms with E-state index in [0.29, 0.717) is 39.1 Å². The van der Waals surface area contributed by atoms with Crippen molar-refractivity contribution in [3.05, 3.63) is 60.7 Å². The maximum atomic E-state index is 10.3. The Labute approximate surface area is 155 Å². The topological polar surface area (TPSA) is 68.2 Å². The van der Waals surface area contributed by atoms with Gasteiger partial charge in [-0.2, -0.15) is 0 Å². The molecule has 2 atom stereocenters. The number of benzene rings is 2. The molecule has 0 aliphatic rings. The third kappa shape index (κ3) is 7.87. The molecule has 2 unspecified atom stereocenters. The molecule has 2 rings (SSSR count). The lowest BCUT2D eigenvalue weighted by molar-refractivity contribution is -0.0564. The molecule has 2 aromatic rings. The zero-order chi connectivity index (χ0) is 18.5. The highest BCUT2D eigenvalue weighted by Gasteiger charge is 2.19. The van der Waals surface area contributed by atoms with E-state index in [0.717, 1.165) is 11.5 Å². The fraction of sp³-hybridized carbons (Fsp3) is 0.429. The molecule has 0 amide bonds. The maximum absolute atomic E-state index is 10.3. The Morgan fingerprint density at radius 1 is 0.731 bits per heavy atom. The van der Waals surface area contributed by atoms with Gasteiger partial charge in [0.2, 0.25) is 0 Å². The Kier molecular flexibility index (Phi) is 9.57. The summed E-state index contributed by atoms with van der Waals surface area (Å²) in [5.41, 5.74) is 0. The third-order valence-electron chi connectivity index (χ3n) is 3.90. The van der Waals surface area contributed by atoms with Gasteiger partial charge in [0.15, 0.2) is 0 Å². The second-order valence-corrected chi connectivity index (χ2v) is 5.95. The first kappa shape index (κ1) is 20.2. The van der Waals surface area contributed by atoms with Crippen molar-refractivity contribution in [3.8, 4) is 11.5 Å². The molecule has 0 saturated carbocycles. The van der Waals surface area contributed by atoms with Gasteiger partial charge in [-0.1, -0.05) is 36.4 Å². The number of hydrogen-bond acceptors (Lipinski definition) is 5. The van der Waals surface area contributed by atoms with E-state index in [1.165, 1.54) is 0 Å². The molecule has 5 heteroatoms. The molecule has 0 bridgehead atoms. The van der Waals surface area contributed by atoms with Crippen LogP contribution in [0.25, 0.3) is 0 Å². The van der Waals surface area contributed by atoms with Gasteiger partial charge in [0.25, 0.3) is 0 Å². The van der Waals surface area contributed by atoms with Gasteiger partial charge in [-0.15, -0.1) is 0 Å². The molecule has 0 fully saturated rings. The van der Waals surface area contributed by atoms with Crippen LogP contribution in [0.4, 0.5) is 0 Å². The van der Waals surface area contributed by atoms with Crippen LogP contribution in [-0.4, -0.2) is 48.8 Å². The van der Waals surface area contributed by atoms with Crippen LogP contribution < -0.4 is 9.47 Å². The van der Waals surface area contributed by atoms with E-state index in [1.54, 1.807) is 0 Å². The van der Waals surface area contributed by atoms with Crippen LogP contribution in [-0.2, 0) is 4.74 Å². The van der Waals surface area contributed by atoms with Crippen LogP contribution in [0.2, 0.25) is 0 Å². The molecular formula is C21H28O5. The summed E-state index contributed by atoms with van der Waals surface area (Å²) in [6, 6.07) is 19.1. The Morgan fingerprint density at radius 2 is 1.31 bits per heavy atom. The summed E-state index contributed by atoms with van der Waals surface area (Å²) >= 11 is 0. The lowest BCUT2D eigenvalue weighted by atomic mass is 10.1. The van der Waals surface area contributed by atoms with E-state index in [-0.39, 0.29) is 6.61 Å². The molecule has 0 aliphatic heterocycles. The first-order valence-corrected chi connectivity index (χ1v) is 9.06. The number of ether oxygens (including phenoxy) is 3. The molecule has 0 aliphatic carbocycles. The van der Waals surface area contributed by atoms with Gasteiger partial charge in [-0.05, 0) is 30.7 Å². The van der Waals surface area contributed by atoms with Crippen molar-refractivity contribution in [1.29, 1.82) is 0 Å². The van der Waals surface area contributed by atoms with Crippen molar-refractivity contribution >= 4 is 0 Å². The van der Waals surface area contributed by atoms with Crippen LogP contribution in [0.3, 0.4) is 0 Å². The van der Waals surface area contributed by atoms with Crippen molar-refractivity contribution in [3.63, 3.8) is 0 Å². The van der Waals surface area contributed by atoms with E-state index in [9.17, 15) is 10.2 Å². The summed E-state index contributed by atoms with van der Waals surface area (Å²) in [4.78, 5) is 0. The average molecular weight is 360 g/mol. The number of para-hydroxylation sites is 2. The molecule has 142 valence electrons. The minimum absolute atomic E-state index is 0.0260. The van der Waals surface area contributed by atoms with Crippen molar-refractivity contribution in [2.75, 3.05) is 26.4 Å². The Hall–Kier alpha value is -2.08. The van der Waals surface area contributed by atoms with Crippen molar-refractivity contribution < 1.29 is 24.4 Å². The number of aliphatic hydroxyl groups excluding tert-OH is 2. The summed E-state index contributed by atoms with van der Waals surface area (Å²) < 4.78 is 16.9. The monoisotopic (exact) mass is 360 g/mol. The molecule has 0 radical (unpaired) electrons. The molecule has 0 saturated heterocycles. The zero-order valence-corrected chi connectivity index (χ0v) is 15.0. The SMILES string of the molecule is OCCC(OCCCOc1ccccc1)C(O)CCOc1ccccc1. The highest BCUT2D eigenvalue weighted by molar-refractivity contribution is 5.21. The molecule has 5 nitrogen and oxygen atoms in total. The van der Waals surface area contributed by atoms with E-state index in [4.69, 9.17) is 14.2 Å². The van der Waals surface area contributed by atoms with E-state index < -0.39 is 12.2 Å². The molecule has 26 heavy (non-hydrogen) atoms. The van der Waals surface area contributed by atoms with Crippen molar-refractivity contribution in [1.82, 2.24) is 0 Å². The summed E-state index contributed by atoms with van der Waals surface area (Å²) in [5, 5.41) is 19.5. The largest absolute Gasteiger partial charge is 0.494 e. The second kappa shape index (κ2) is 12.3. The van der Waals surface area contributed by atoms with Crippen LogP contribution in [0.1, 0.15) is 19.3 Å². The first-order chi connectivity index (χ1) is 12.8. The molecule has 2 N–H and O–H groups in total. The van der Waals surface area contributed by atoms with E-state index >= 15 is 0 Å². The second-order valence-electron chi connectivity index (χ2n) is 5.95. The lowest BCUT2D eigenvalue weighted by Crippen LogP contribution is -2.32. The first-order valence-electron chi connectivity index (χ1n) is 9.06. The fourth-order valence-corrected chi connectivity index (χ4v) is 2.51. The lowest BCUT2D eigenvalue weighted by Gasteiger charge is -2.23. The van der Waals surface area contributed by atoms with Gasteiger partial charge in [0.05, 0.1) is 32.0 Å². The van der Waals surface area contributed by atoms with E-state index in [1.807, 2.05) is 60.7 Å². The molecular weight excluding hydrogens is 332 g/mol. The number of rotatable bonds is 13. The number of hydrogen-bond donors (Lipinski definition) is 2. The highest BCUT2D eigenvalue weighted by Crippen LogP contribution is 2.13. The maximum Gasteiger partial charge on any atom is 0.119 e. The minimum Gasteiger partial charge on any atom is -0.494 e. The molecule has 0 aromatic heterocycles. The quantitative estimate of drug-likeness (QED) is 0.538. The minimum atomic E-state index is -0.680. The van der Waals surface area contributed by atoms with Crippen molar-refractivity contribution in [2.45, 2.75) is 31.5 Å². The Morgan fingerprint density at radius 3 is 1.88 bits per heavy atom. The predicted molar refractivity (Wildman–Crippen MR) is 101 cm³/mol. The van der Waals surface area contributed by atoms with Crippen molar-refractivity contribution in [2.24, 2.45) is 0 Å². The smallest absolute Gasteiger partial charge is 0.119 e. The fourth-order valence-electron chi connectivity index (χ4n) is 2.51. The van der Waals surface area contributed by atoms with Gasteiger partial charge >= 0.3 is 0 Å². The van der Waals surface area contributed by atoms with E-state index in [2.05, 4.69) is 0 Å². The van der Waals surface area contributed by atoms with Crippen LogP contribution >= 0.6 is 0 Å². The summed E-state index contributed by atoms with van der Waals surface area (Å²) in [7, 11) is 0. The normalized spacial score (nSPS) is 13.2. The van der Waals surface area contributed by atoms with Crippen LogP contribution in [0.5, 0.6) is 11.5 Å². The highest BCUT2D eigenvalue weighted by atomic mass is 16.5. The predicted octanol–water partition coefficient (Wildman–Crippen LogP) is 3.05. The average Bonchev–Trinajstić information content (AvgIpc) is 2.68. The molecule has 0 heterocycles.